The number of ether oxygens (including phenoxy) is 1. The molecule has 1 fully saturated rings. The molecule has 1 rings (SSSR count). The maximum Gasteiger partial charge on any atom is 0.225 e. The normalized spacial score (nSPS) is 25.4. The van der Waals surface area contributed by atoms with Crippen LogP contribution in [0.4, 0.5) is 0 Å². The van der Waals surface area contributed by atoms with Crippen LogP contribution in [0.2, 0.25) is 0 Å². The molecule has 16 heavy (non-hydrogen) atoms. The van der Waals surface area contributed by atoms with Crippen molar-refractivity contribution in [3.63, 3.8) is 0 Å². The third kappa shape index (κ3) is 3.76. The Bertz CT molecular complexity index is 221. The number of nitrogens with zero attached hydrogens (tertiary/aromatic N) is 1. The Kier molecular flexibility index (Phi) is 5.77. The van der Waals surface area contributed by atoms with Gasteiger partial charge in [0.1, 0.15) is 0 Å². The predicted octanol–water partition coefficient (Wildman–Crippen LogP) is 0.856. The van der Waals surface area contributed by atoms with Crippen LogP contribution >= 0.6 is 0 Å². The Balaban J connectivity index is 2.40. The fourth-order valence-corrected chi connectivity index (χ4v) is 2.38. The molecule has 1 amide bonds. The van der Waals surface area contributed by atoms with Crippen LogP contribution in [-0.2, 0) is 9.53 Å². The molecule has 1 aliphatic rings. The quantitative estimate of drug-likeness (QED) is 0.759. The predicted molar refractivity (Wildman–Crippen MR) is 64.0 cm³/mol. The molecule has 94 valence electrons. The Morgan fingerprint density at radius 1 is 1.50 bits per heavy atom. The zero-order chi connectivity index (χ0) is 12.0. The van der Waals surface area contributed by atoms with E-state index in [-0.39, 0.29) is 11.8 Å². The smallest absolute Gasteiger partial charge is 0.225 e. The highest BCUT2D eigenvalue weighted by Gasteiger charge is 2.28. The van der Waals surface area contributed by atoms with Crippen LogP contribution in [0.15, 0.2) is 0 Å². The molecule has 4 nitrogen and oxygen atoms in total. The van der Waals surface area contributed by atoms with E-state index in [0.29, 0.717) is 25.6 Å². The average molecular weight is 228 g/mol. The molecule has 2 N–H and O–H groups in total. The van der Waals surface area contributed by atoms with Crippen molar-refractivity contribution in [1.82, 2.24) is 4.90 Å². The highest BCUT2D eigenvalue weighted by atomic mass is 16.5. The van der Waals surface area contributed by atoms with Crippen molar-refractivity contribution in [3.05, 3.63) is 0 Å². The van der Waals surface area contributed by atoms with Crippen molar-refractivity contribution < 1.29 is 9.53 Å². The highest BCUT2D eigenvalue weighted by Crippen LogP contribution is 2.29. The summed E-state index contributed by atoms with van der Waals surface area (Å²) < 4.78 is 4.98. The van der Waals surface area contributed by atoms with Gasteiger partial charge in [-0.15, -0.1) is 0 Å². The van der Waals surface area contributed by atoms with Crippen LogP contribution in [0, 0.1) is 11.8 Å². The first-order valence-electron chi connectivity index (χ1n) is 6.13. The number of methoxy groups -OCH3 is 1. The van der Waals surface area contributed by atoms with Crippen LogP contribution in [-0.4, -0.2) is 44.7 Å². The second-order valence-electron chi connectivity index (χ2n) is 4.72. The number of likely N-dealkylation sites (N-methyl/N-ethyl adjacent to an activating group) is 1. The van der Waals surface area contributed by atoms with E-state index in [2.05, 4.69) is 0 Å². The summed E-state index contributed by atoms with van der Waals surface area (Å²) in [6, 6.07) is 0. The molecule has 0 radical (unpaired) electrons. The van der Waals surface area contributed by atoms with Gasteiger partial charge in [0.25, 0.3) is 0 Å². The lowest BCUT2D eigenvalue weighted by molar-refractivity contribution is -0.136. The van der Waals surface area contributed by atoms with Crippen LogP contribution in [0.5, 0.6) is 0 Å². The third-order valence-corrected chi connectivity index (χ3v) is 3.47. The van der Waals surface area contributed by atoms with Crippen molar-refractivity contribution >= 4 is 5.91 Å². The summed E-state index contributed by atoms with van der Waals surface area (Å²) in [6.07, 6.45) is 4.30. The molecule has 0 heterocycles. The van der Waals surface area contributed by atoms with Crippen molar-refractivity contribution in [2.45, 2.75) is 25.7 Å². The van der Waals surface area contributed by atoms with E-state index < -0.39 is 0 Å². The molecule has 0 saturated heterocycles. The van der Waals surface area contributed by atoms with E-state index in [1.165, 1.54) is 6.42 Å². The summed E-state index contributed by atoms with van der Waals surface area (Å²) in [7, 11) is 3.51. The van der Waals surface area contributed by atoms with Gasteiger partial charge in [0.2, 0.25) is 5.91 Å². The van der Waals surface area contributed by atoms with Crippen molar-refractivity contribution in [2.75, 3.05) is 33.9 Å². The summed E-state index contributed by atoms with van der Waals surface area (Å²) in [5, 5.41) is 0. The first-order chi connectivity index (χ1) is 7.69. The van der Waals surface area contributed by atoms with E-state index in [1.807, 2.05) is 7.05 Å². The lowest BCUT2D eigenvalue weighted by Gasteiger charge is -2.30. The molecule has 2 atom stereocenters. The summed E-state index contributed by atoms with van der Waals surface area (Å²) in [4.78, 5) is 13.9. The van der Waals surface area contributed by atoms with E-state index >= 15 is 0 Å². The Hall–Kier alpha value is -0.610. The van der Waals surface area contributed by atoms with Gasteiger partial charge in [-0.25, -0.2) is 0 Å². The molecular formula is C12H24N2O2. The second-order valence-corrected chi connectivity index (χ2v) is 4.72. The summed E-state index contributed by atoms with van der Waals surface area (Å²) >= 11 is 0. The zero-order valence-corrected chi connectivity index (χ0v) is 10.4. The fourth-order valence-electron chi connectivity index (χ4n) is 2.38. The van der Waals surface area contributed by atoms with Gasteiger partial charge < -0.3 is 15.4 Å². The number of carbonyl (C=O) groups is 1. The van der Waals surface area contributed by atoms with Crippen molar-refractivity contribution in [2.24, 2.45) is 17.6 Å². The van der Waals surface area contributed by atoms with Gasteiger partial charge in [0.15, 0.2) is 0 Å². The lowest BCUT2D eigenvalue weighted by Crippen LogP contribution is -2.38. The highest BCUT2D eigenvalue weighted by molar-refractivity contribution is 5.78. The molecule has 2 unspecified atom stereocenters. The molecule has 0 bridgehead atoms. The van der Waals surface area contributed by atoms with Gasteiger partial charge >= 0.3 is 0 Å². The Morgan fingerprint density at radius 3 is 2.88 bits per heavy atom. The van der Waals surface area contributed by atoms with Gasteiger partial charge in [0.05, 0.1) is 6.61 Å². The topological polar surface area (TPSA) is 55.6 Å². The number of hydrogen-bond acceptors (Lipinski definition) is 3. The monoisotopic (exact) mass is 228 g/mol. The third-order valence-electron chi connectivity index (χ3n) is 3.47. The summed E-state index contributed by atoms with van der Waals surface area (Å²) in [6.45, 7) is 2.00. The van der Waals surface area contributed by atoms with Crippen molar-refractivity contribution in [1.29, 1.82) is 0 Å². The minimum atomic E-state index is 0.184. The molecule has 0 aromatic heterocycles. The van der Waals surface area contributed by atoms with Crippen LogP contribution in [0.25, 0.3) is 0 Å². The van der Waals surface area contributed by atoms with E-state index in [0.717, 1.165) is 19.3 Å². The van der Waals surface area contributed by atoms with Crippen molar-refractivity contribution in [3.8, 4) is 0 Å². The first kappa shape index (κ1) is 13.5. The van der Waals surface area contributed by atoms with Gasteiger partial charge in [-0.3, -0.25) is 4.79 Å². The molecule has 4 heteroatoms. The minimum Gasteiger partial charge on any atom is -0.383 e. The molecule has 0 aromatic rings. The molecule has 0 spiro atoms. The molecular weight excluding hydrogens is 204 g/mol. The Morgan fingerprint density at radius 2 is 2.25 bits per heavy atom. The zero-order valence-electron chi connectivity index (χ0n) is 10.4. The molecule has 0 aromatic carbocycles. The lowest BCUT2D eigenvalue weighted by atomic mass is 9.81. The number of nitrogens with two attached hydrogens (primary N) is 1. The SMILES string of the molecule is COCCN(C)C(=O)C1CCCC(CN)C1. The average Bonchev–Trinajstić information content (AvgIpc) is 2.35. The van der Waals surface area contributed by atoms with Crippen LogP contribution in [0.1, 0.15) is 25.7 Å². The van der Waals surface area contributed by atoms with E-state index in [4.69, 9.17) is 10.5 Å². The molecule has 1 aliphatic carbocycles. The molecule has 0 aliphatic heterocycles. The summed E-state index contributed by atoms with van der Waals surface area (Å²) in [5.41, 5.74) is 5.68. The fraction of sp³-hybridized carbons (Fsp3) is 0.917. The number of carbonyl (C=O) groups excluding carboxylic acids is 1. The van der Waals surface area contributed by atoms with E-state index in [1.54, 1.807) is 12.0 Å². The number of amides is 1. The Labute approximate surface area is 98.1 Å². The standard InChI is InChI=1S/C12H24N2O2/c1-14(6-7-16-2)12(15)11-5-3-4-10(8-11)9-13/h10-11H,3-9,13H2,1-2H3. The number of hydrogen-bond donors (Lipinski definition) is 1. The van der Waals surface area contributed by atoms with Crippen LogP contribution in [0.3, 0.4) is 0 Å². The van der Waals surface area contributed by atoms with Gasteiger partial charge in [-0.2, -0.15) is 0 Å². The summed E-state index contributed by atoms with van der Waals surface area (Å²) in [5.74, 6) is 0.984. The van der Waals surface area contributed by atoms with Gasteiger partial charge in [0, 0.05) is 26.6 Å². The maximum atomic E-state index is 12.1. The largest absolute Gasteiger partial charge is 0.383 e. The molecule has 1 saturated carbocycles. The second kappa shape index (κ2) is 6.86. The number of rotatable bonds is 5. The van der Waals surface area contributed by atoms with Gasteiger partial charge in [-0.05, 0) is 31.7 Å². The first-order valence-corrected chi connectivity index (χ1v) is 6.13. The minimum absolute atomic E-state index is 0.184. The van der Waals surface area contributed by atoms with Gasteiger partial charge in [-0.1, -0.05) is 6.42 Å². The maximum absolute atomic E-state index is 12.1. The van der Waals surface area contributed by atoms with Crippen LogP contribution < -0.4 is 5.73 Å². The van der Waals surface area contributed by atoms with E-state index in [9.17, 15) is 4.79 Å².